The molecule has 0 saturated carbocycles. The van der Waals surface area contributed by atoms with Gasteiger partial charge in [-0.1, -0.05) is 30.8 Å². The third kappa shape index (κ3) is 5.56. The molecule has 1 atom stereocenters. The van der Waals surface area contributed by atoms with Gasteiger partial charge in [0.2, 0.25) is 0 Å². The number of hydrogen-bond acceptors (Lipinski definition) is 8. The van der Waals surface area contributed by atoms with Crippen LogP contribution in [0.25, 0.3) is 11.7 Å². The molecule has 0 bridgehead atoms. The van der Waals surface area contributed by atoms with Crippen LogP contribution in [0.4, 0.5) is 14.5 Å². The lowest BCUT2D eigenvalue weighted by Crippen LogP contribution is -2.38. The van der Waals surface area contributed by atoms with Crippen molar-refractivity contribution >= 4 is 35.7 Å². The Hall–Kier alpha value is -4.14. The van der Waals surface area contributed by atoms with E-state index in [0.29, 0.717) is 27.2 Å². The molecule has 0 amide bonds. The second-order valence-electron chi connectivity index (χ2n) is 7.51. The SMILES string of the molecule is C=CNc1cc(Cl)ccc1/C=c1\c(C)nc2c(C#N)c(C(F)F)nn2c1=NCC(O)CN(C=C)N=C. The number of aromatic nitrogens is 3. The quantitative estimate of drug-likeness (QED) is 0.319. The highest BCUT2D eigenvalue weighted by atomic mass is 35.5. The number of aliphatic hydroxyl groups is 1. The molecule has 2 heterocycles. The third-order valence-corrected chi connectivity index (χ3v) is 5.36. The summed E-state index contributed by atoms with van der Waals surface area (Å²) in [7, 11) is 0. The monoisotopic (exact) mass is 512 g/mol. The average Bonchev–Trinajstić information content (AvgIpc) is 3.22. The number of fused-ring (bicyclic) bond motifs is 1. The minimum Gasteiger partial charge on any atom is -0.389 e. The standard InChI is InChI=1S/C24H23ClF2N8O/c1-5-30-20-10-16(25)8-7-15(20)9-18-14(3)32-24-19(11-28)21(22(26)27)33-35(24)23(18)31-12-17(36)13-34(6-2)29-4/h5-10,17,22,30,36H,1-2,4,12-13H2,3H3/b18-9+,31-23?. The van der Waals surface area contributed by atoms with E-state index in [4.69, 9.17) is 11.6 Å². The fraction of sp³-hybridized carbons (Fsp3) is 0.208. The Labute approximate surface area is 210 Å². The lowest BCUT2D eigenvalue weighted by molar-refractivity contribution is 0.142. The molecule has 3 aromatic rings. The molecule has 0 fully saturated rings. The Morgan fingerprint density at radius 2 is 2.14 bits per heavy atom. The smallest absolute Gasteiger partial charge is 0.283 e. The summed E-state index contributed by atoms with van der Waals surface area (Å²) in [5.74, 6) is 0. The fourth-order valence-corrected chi connectivity index (χ4v) is 3.63. The number of anilines is 1. The highest BCUT2D eigenvalue weighted by Gasteiger charge is 2.23. The van der Waals surface area contributed by atoms with E-state index < -0.39 is 18.2 Å². The van der Waals surface area contributed by atoms with Gasteiger partial charge in [0.15, 0.2) is 11.1 Å². The molecule has 36 heavy (non-hydrogen) atoms. The van der Waals surface area contributed by atoms with Crippen LogP contribution in [0.5, 0.6) is 0 Å². The van der Waals surface area contributed by atoms with Crippen LogP contribution in [0, 0.1) is 18.3 Å². The van der Waals surface area contributed by atoms with E-state index in [-0.39, 0.29) is 29.8 Å². The molecular weight excluding hydrogens is 490 g/mol. The second kappa shape index (κ2) is 11.5. The van der Waals surface area contributed by atoms with E-state index in [1.807, 2.05) is 0 Å². The molecule has 0 spiro atoms. The van der Waals surface area contributed by atoms with Crippen molar-refractivity contribution in [2.24, 2.45) is 10.1 Å². The Bertz CT molecular complexity index is 1470. The minimum absolute atomic E-state index is 0.0538. The summed E-state index contributed by atoms with van der Waals surface area (Å²) in [5, 5.41) is 32.9. The molecule has 0 aliphatic carbocycles. The molecule has 3 rings (SSSR count). The third-order valence-electron chi connectivity index (χ3n) is 5.13. The zero-order valence-corrected chi connectivity index (χ0v) is 20.1. The van der Waals surface area contributed by atoms with E-state index >= 15 is 0 Å². The van der Waals surface area contributed by atoms with Crippen LogP contribution in [0.3, 0.4) is 0 Å². The number of alkyl halides is 2. The van der Waals surface area contributed by atoms with Gasteiger partial charge in [0.1, 0.15) is 17.3 Å². The number of aliphatic hydroxyl groups excluding tert-OH is 1. The highest BCUT2D eigenvalue weighted by molar-refractivity contribution is 6.30. The summed E-state index contributed by atoms with van der Waals surface area (Å²) in [6.07, 6.45) is 0.609. The number of nitrogens with one attached hydrogen (secondary N) is 1. The lowest BCUT2D eigenvalue weighted by atomic mass is 10.1. The number of aryl methyl sites for hydroxylation is 1. The summed E-state index contributed by atoms with van der Waals surface area (Å²) in [5.41, 5.74) is 0.753. The van der Waals surface area contributed by atoms with Gasteiger partial charge in [-0.3, -0.25) is 10.0 Å². The number of hydrogen-bond donors (Lipinski definition) is 2. The van der Waals surface area contributed by atoms with Gasteiger partial charge in [0.05, 0.1) is 24.9 Å². The molecule has 2 aromatic heterocycles. The first-order valence-corrected chi connectivity index (χ1v) is 11.0. The van der Waals surface area contributed by atoms with Gasteiger partial charge in [-0.05, 0) is 36.9 Å². The number of nitrogens with zero attached hydrogens (tertiary/aromatic N) is 7. The van der Waals surface area contributed by atoms with Crippen molar-refractivity contribution in [3.05, 3.63) is 82.0 Å². The molecule has 2 N–H and O–H groups in total. The van der Waals surface area contributed by atoms with Gasteiger partial charge in [-0.25, -0.2) is 13.8 Å². The van der Waals surface area contributed by atoms with E-state index in [9.17, 15) is 19.1 Å². The minimum atomic E-state index is -2.99. The van der Waals surface area contributed by atoms with Crippen molar-refractivity contribution in [1.82, 2.24) is 19.6 Å². The van der Waals surface area contributed by atoms with Crippen LogP contribution < -0.4 is 16.0 Å². The number of nitriles is 1. The van der Waals surface area contributed by atoms with Crippen molar-refractivity contribution in [2.45, 2.75) is 19.5 Å². The van der Waals surface area contributed by atoms with Gasteiger partial charge in [0, 0.05) is 28.8 Å². The van der Waals surface area contributed by atoms with Crippen LogP contribution >= 0.6 is 11.6 Å². The summed E-state index contributed by atoms with van der Waals surface area (Å²) in [4.78, 5) is 8.87. The Morgan fingerprint density at radius 1 is 1.39 bits per heavy atom. The van der Waals surface area contributed by atoms with Crippen LogP contribution in [0.2, 0.25) is 5.02 Å². The van der Waals surface area contributed by atoms with Crippen molar-refractivity contribution in [2.75, 3.05) is 18.4 Å². The second-order valence-corrected chi connectivity index (χ2v) is 7.94. The zero-order chi connectivity index (χ0) is 26.4. The first-order chi connectivity index (χ1) is 17.2. The predicted octanol–water partition coefficient (Wildman–Crippen LogP) is 2.93. The van der Waals surface area contributed by atoms with Gasteiger partial charge in [-0.15, -0.1) is 0 Å². The number of benzene rings is 1. The van der Waals surface area contributed by atoms with Crippen molar-refractivity contribution < 1.29 is 13.9 Å². The molecule has 0 aliphatic heterocycles. The molecule has 1 unspecified atom stereocenters. The molecule has 12 heteroatoms. The van der Waals surface area contributed by atoms with Crippen LogP contribution in [0.15, 0.2) is 53.9 Å². The lowest BCUT2D eigenvalue weighted by Gasteiger charge is -2.16. The summed E-state index contributed by atoms with van der Waals surface area (Å²) >= 11 is 6.13. The van der Waals surface area contributed by atoms with Crippen molar-refractivity contribution in [3.8, 4) is 6.07 Å². The van der Waals surface area contributed by atoms with Gasteiger partial charge in [0.25, 0.3) is 6.43 Å². The van der Waals surface area contributed by atoms with Crippen molar-refractivity contribution in [3.63, 3.8) is 0 Å². The van der Waals surface area contributed by atoms with Gasteiger partial charge < -0.3 is 10.4 Å². The Balaban J connectivity index is 2.34. The van der Waals surface area contributed by atoms with E-state index in [1.165, 1.54) is 17.4 Å². The fourth-order valence-electron chi connectivity index (χ4n) is 3.45. The predicted molar refractivity (Wildman–Crippen MR) is 134 cm³/mol. The summed E-state index contributed by atoms with van der Waals surface area (Å²) in [6.45, 7) is 12.2. The molecule has 0 aliphatic rings. The topological polar surface area (TPSA) is 114 Å². The number of hydrazone groups is 1. The summed E-state index contributed by atoms with van der Waals surface area (Å²) in [6, 6.07) is 6.90. The maximum Gasteiger partial charge on any atom is 0.283 e. The maximum atomic E-state index is 13.6. The molecular formula is C24H23ClF2N8O. The van der Waals surface area contributed by atoms with Crippen LogP contribution in [0.1, 0.15) is 28.9 Å². The van der Waals surface area contributed by atoms with Gasteiger partial charge >= 0.3 is 0 Å². The molecule has 1 aromatic carbocycles. The Morgan fingerprint density at radius 3 is 2.75 bits per heavy atom. The van der Waals surface area contributed by atoms with Crippen LogP contribution in [-0.4, -0.2) is 50.6 Å². The Kier molecular flexibility index (Phi) is 8.47. The van der Waals surface area contributed by atoms with Gasteiger partial charge in [-0.2, -0.15) is 20.0 Å². The average molecular weight is 513 g/mol. The molecule has 9 nitrogen and oxygen atoms in total. The largest absolute Gasteiger partial charge is 0.389 e. The van der Waals surface area contributed by atoms with Crippen molar-refractivity contribution in [1.29, 1.82) is 5.26 Å². The molecule has 186 valence electrons. The first-order valence-electron chi connectivity index (χ1n) is 10.6. The zero-order valence-electron chi connectivity index (χ0n) is 19.4. The maximum absolute atomic E-state index is 13.6. The van der Waals surface area contributed by atoms with E-state index in [2.05, 4.69) is 45.4 Å². The highest BCUT2D eigenvalue weighted by Crippen LogP contribution is 2.23. The normalized spacial score (nSPS) is 13.0. The van der Waals surface area contributed by atoms with E-state index in [1.54, 1.807) is 37.3 Å². The molecule has 0 saturated heterocycles. The summed E-state index contributed by atoms with van der Waals surface area (Å²) < 4.78 is 28.4. The van der Waals surface area contributed by atoms with E-state index in [0.717, 1.165) is 4.52 Å². The molecule has 0 radical (unpaired) electrons. The number of rotatable bonds is 10. The number of halogens is 3. The van der Waals surface area contributed by atoms with Crippen LogP contribution in [-0.2, 0) is 0 Å². The first kappa shape index (κ1) is 26.5.